The lowest BCUT2D eigenvalue weighted by atomic mass is 10.1. The second-order valence-corrected chi connectivity index (χ2v) is 5.53. The standard InChI is InChI=1S/C18H27N3/c1-5-16(6-2)21(4)18-15(13-19-7-3)12-14-10-8-9-11-17(14)20-18/h8-12,16,19H,5-7,13H2,1-4H3. The summed E-state index contributed by atoms with van der Waals surface area (Å²) in [7, 11) is 2.17. The number of hydrogen-bond donors (Lipinski definition) is 1. The summed E-state index contributed by atoms with van der Waals surface area (Å²) < 4.78 is 0. The first kappa shape index (κ1) is 15.8. The summed E-state index contributed by atoms with van der Waals surface area (Å²) in [6.45, 7) is 8.47. The molecule has 1 aromatic carbocycles. The Hall–Kier alpha value is -1.61. The Kier molecular flexibility index (Phi) is 5.57. The average Bonchev–Trinajstić information content (AvgIpc) is 2.53. The van der Waals surface area contributed by atoms with E-state index in [0.29, 0.717) is 6.04 Å². The van der Waals surface area contributed by atoms with E-state index in [1.165, 1.54) is 10.9 Å². The molecular weight excluding hydrogens is 258 g/mol. The van der Waals surface area contributed by atoms with Gasteiger partial charge in [-0.15, -0.1) is 0 Å². The SMILES string of the molecule is CCNCc1cc2ccccc2nc1N(C)C(CC)CC. The second kappa shape index (κ2) is 7.41. The van der Waals surface area contributed by atoms with Crippen LogP contribution >= 0.6 is 0 Å². The zero-order valence-electron chi connectivity index (χ0n) is 13.7. The van der Waals surface area contributed by atoms with Gasteiger partial charge in [0.15, 0.2) is 0 Å². The minimum atomic E-state index is 0.541. The van der Waals surface area contributed by atoms with Crippen LogP contribution in [0, 0.1) is 0 Å². The first-order chi connectivity index (χ1) is 10.2. The summed E-state index contributed by atoms with van der Waals surface area (Å²) in [5, 5.41) is 4.65. The zero-order chi connectivity index (χ0) is 15.2. The van der Waals surface area contributed by atoms with Crippen molar-refractivity contribution < 1.29 is 0 Å². The first-order valence-electron chi connectivity index (χ1n) is 8.03. The van der Waals surface area contributed by atoms with Crippen LogP contribution in [0.2, 0.25) is 0 Å². The summed E-state index contributed by atoms with van der Waals surface area (Å²) in [5.74, 6) is 1.11. The number of pyridine rings is 1. The van der Waals surface area contributed by atoms with Gasteiger partial charge in [-0.3, -0.25) is 0 Å². The molecule has 2 aromatic rings. The Morgan fingerprint density at radius 1 is 1.14 bits per heavy atom. The van der Waals surface area contributed by atoms with E-state index < -0.39 is 0 Å². The van der Waals surface area contributed by atoms with Crippen LogP contribution in [-0.4, -0.2) is 24.6 Å². The third kappa shape index (κ3) is 3.53. The zero-order valence-corrected chi connectivity index (χ0v) is 13.7. The van der Waals surface area contributed by atoms with Crippen molar-refractivity contribution in [1.29, 1.82) is 0 Å². The molecule has 1 aromatic heterocycles. The fourth-order valence-corrected chi connectivity index (χ4v) is 2.85. The summed E-state index contributed by atoms with van der Waals surface area (Å²) >= 11 is 0. The van der Waals surface area contributed by atoms with Gasteiger partial charge in [-0.05, 0) is 31.5 Å². The highest BCUT2D eigenvalue weighted by molar-refractivity contribution is 5.81. The minimum Gasteiger partial charge on any atom is -0.356 e. The molecular formula is C18H27N3. The lowest BCUT2D eigenvalue weighted by molar-refractivity contribution is 0.583. The molecule has 0 aliphatic rings. The van der Waals surface area contributed by atoms with Crippen LogP contribution in [0.1, 0.15) is 39.2 Å². The molecule has 2 rings (SSSR count). The van der Waals surface area contributed by atoms with Crippen molar-refractivity contribution >= 4 is 16.7 Å². The van der Waals surface area contributed by atoms with Gasteiger partial charge in [0.25, 0.3) is 0 Å². The van der Waals surface area contributed by atoms with E-state index in [1.54, 1.807) is 0 Å². The van der Waals surface area contributed by atoms with Crippen molar-refractivity contribution in [2.45, 2.75) is 46.2 Å². The summed E-state index contributed by atoms with van der Waals surface area (Å²) in [4.78, 5) is 7.28. The van der Waals surface area contributed by atoms with Gasteiger partial charge >= 0.3 is 0 Å². The Balaban J connectivity index is 2.46. The molecule has 0 unspecified atom stereocenters. The second-order valence-electron chi connectivity index (χ2n) is 5.53. The first-order valence-corrected chi connectivity index (χ1v) is 8.03. The fourth-order valence-electron chi connectivity index (χ4n) is 2.85. The number of benzene rings is 1. The third-order valence-electron chi connectivity index (χ3n) is 4.17. The topological polar surface area (TPSA) is 28.2 Å². The van der Waals surface area contributed by atoms with Crippen molar-refractivity contribution in [2.75, 3.05) is 18.5 Å². The van der Waals surface area contributed by atoms with E-state index in [2.05, 4.69) is 68.4 Å². The number of para-hydroxylation sites is 1. The Morgan fingerprint density at radius 3 is 2.52 bits per heavy atom. The largest absolute Gasteiger partial charge is 0.356 e. The molecule has 0 saturated carbocycles. The number of nitrogens with zero attached hydrogens (tertiary/aromatic N) is 2. The van der Waals surface area contributed by atoms with Crippen molar-refractivity contribution in [3.63, 3.8) is 0 Å². The van der Waals surface area contributed by atoms with Crippen LogP contribution < -0.4 is 10.2 Å². The average molecular weight is 285 g/mol. The molecule has 0 amide bonds. The van der Waals surface area contributed by atoms with Gasteiger partial charge in [0.2, 0.25) is 0 Å². The maximum absolute atomic E-state index is 4.93. The molecule has 3 nitrogen and oxygen atoms in total. The molecule has 0 bridgehead atoms. The van der Waals surface area contributed by atoms with Gasteiger partial charge in [0.05, 0.1) is 5.52 Å². The fraction of sp³-hybridized carbons (Fsp3) is 0.500. The number of anilines is 1. The Morgan fingerprint density at radius 2 is 1.86 bits per heavy atom. The van der Waals surface area contributed by atoms with Crippen LogP contribution in [0.3, 0.4) is 0 Å². The highest BCUT2D eigenvalue weighted by atomic mass is 15.2. The highest BCUT2D eigenvalue weighted by Gasteiger charge is 2.16. The third-order valence-corrected chi connectivity index (χ3v) is 4.17. The number of rotatable bonds is 7. The molecule has 21 heavy (non-hydrogen) atoms. The van der Waals surface area contributed by atoms with Crippen molar-refractivity contribution in [3.05, 3.63) is 35.9 Å². The molecule has 0 aliphatic heterocycles. The smallest absolute Gasteiger partial charge is 0.133 e. The molecule has 1 heterocycles. The van der Waals surface area contributed by atoms with Crippen molar-refractivity contribution in [2.24, 2.45) is 0 Å². The van der Waals surface area contributed by atoms with E-state index in [4.69, 9.17) is 4.98 Å². The van der Waals surface area contributed by atoms with E-state index in [0.717, 1.165) is 37.3 Å². The number of aromatic nitrogens is 1. The van der Waals surface area contributed by atoms with Crippen LogP contribution in [0.5, 0.6) is 0 Å². The molecule has 1 N–H and O–H groups in total. The predicted octanol–water partition coefficient (Wildman–Crippen LogP) is 3.97. The van der Waals surface area contributed by atoms with Gasteiger partial charge < -0.3 is 10.2 Å². The lowest BCUT2D eigenvalue weighted by Gasteiger charge is -2.29. The molecule has 0 saturated heterocycles. The van der Waals surface area contributed by atoms with E-state index in [-0.39, 0.29) is 0 Å². The molecule has 0 atom stereocenters. The Bertz CT molecular complexity index is 576. The van der Waals surface area contributed by atoms with Crippen LogP contribution in [0.15, 0.2) is 30.3 Å². The van der Waals surface area contributed by atoms with Crippen LogP contribution in [0.4, 0.5) is 5.82 Å². The Labute approximate surface area is 128 Å². The van der Waals surface area contributed by atoms with Gasteiger partial charge in [0, 0.05) is 30.6 Å². The predicted molar refractivity (Wildman–Crippen MR) is 91.9 cm³/mol. The maximum Gasteiger partial charge on any atom is 0.133 e. The van der Waals surface area contributed by atoms with E-state index in [1.807, 2.05) is 0 Å². The maximum atomic E-state index is 4.93. The molecule has 0 fully saturated rings. The van der Waals surface area contributed by atoms with Gasteiger partial charge in [-0.2, -0.15) is 0 Å². The van der Waals surface area contributed by atoms with Gasteiger partial charge in [-0.25, -0.2) is 4.98 Å². The highest BCUT2D eigenvalue weighted by Crippen LogP contribution is 2.25. The van der Waals surface area contributed by atoms with Crippen LogP contribution in [0.25, 0.3) is 10.9 Å². The normalized spacial score (nSPS) is 11.3. The summed E-state index contributed by atoms with van der Waals surface area (Å²) in [6.07, 6.45) is 2.28. The van der Waals surface area contributed by atoms with Gasteiger partial charge in [0.1, 0.15) is 5.82 Å². The lowest BCUT2D eigenvalue weighted by Crippen LogP contribution is -2.32. The number of hydrogen-bond acceptors (Lipinski definition) is 3. The van der Waals surface area contributed by atoms with Crippen molar-refractivity contribution in [1.82, 2.24) is 10.3 Å². The molecule has 0 aliphatic carbocycles. The summed E-state index contributed by atoms with van der Waals surface area (Å²) in [5.41, 5.74) is 2.36. The molecule has 0 radical (unpaired) electrons. The minimum absolute atomic E-state index is 0.541. The quantitative estimate of drug-likeness (QED) is 0.834. The summed E-state index contributed by atoms with van der Waals surface area (Å²) in [6, 6.07) is 11.2. The van der Waals surface area contributed by atoms with Gasteiger partial charge in [-0.1, -0.05) is 39.0 Å². The van der Waals surface area contributed by atoms with Crippen LogP contribution in [-0.2, 0) is 6.54 Å². The van der Waals surface area contributed by atoms with E-state index in [9.17, 15) is 0 Å². The van der Waals surface area contributed by atoms with E-state index >= 15 is 0 Å². The monoisotopic (exact) mass is 285 g/mol. The molecule has 0 spiro atoms. The number of fused-ring (bicyclic) bond motifs is 1. The molecule has 3 heteroatoms. The number of nitrogens with one attached hydrogen (secondary N) is 1. The van der Waals surface area contributed by atoms with Crippen molar-refractivity contribution in [3.8, 4) is 0 Å². The molecule has 114 valence electrons.